The van der Waals surface area contributed by atoms with Crippen LogP contribution in [0, 0.1) is 0 Å². The third-order valence-corrected chi connectivity index (χ3v) is 6.30. The fraction of sp³-hybridized carbons (Fsp3) is 0.235. The zero-order valence-corrected chi connectivity index (χ0v) is 14.6. The number of rotatable bonds is 3. The first-order chi connectivity index (χ1) is 11.4. The summed E-state index contributed by atoms with van der Waals surface area (Å²) in [5.41, 5.74) is 1.91. The molecule has 1 N–H and O–H groups in total. The van der Waals surface area contributed by atoms with Gasteiger partial charge in [-0.25, -0.2) is 8.42 Å². The molecular weight excluding hydrogens is 348 g/mol. The van der Waals surface area contributed by atoms with Crippen LogP contribution in [0.1, 0.15) is 11.1 Å². The summed E-state index contributed by atoms with van der Waals surface area (Å²) in [7, 11) is -2.30. The van der Waals surface area contributed by atoms with E-state index in [1.807, 2.05) is 24.3 Å². The molecular formula is C17H17ClN2O3S. The van der Waals surface area contributed by atoms with Gasteiger partial charge in [-0.3, -0.25) is 4.79 Å². The van der Waals surface area contributed by atoms with Crippen molar-refractivity contribution in [2.75, 3.05) is 7.05 Å². The summed E-state index contributed by atoms with van der Waals surface area (Å²) in [5.74, 6) is -0.318. The van der Waals surface area contributed by atoms with Gasteiger partial charge >= 0.3 is 0 Å². The van der Waals surface area contributed by atoms with Crippen LogP contribution in [0.4, 0.5) is 0 Å². The van der Waals surface area contributed by atoms with Gasteiger partial charge in [0.1, 0.15) is 6.04 Å². The van der Waals surface area contributed by atoms with E-state index in [1.165, 1.54) is 35.6 Å². The van der Waals surface area contributed by atoms with E-state index >= 15 is 0 Å². The number of hydrogen-bond acceptors (Lipinski definition) is 3. The van der Waals surface area contributed by atoms with Gasteiger partial charge in [0, 0.05) is 18.6 Å². The molecule has 0 radical (unpaired) electrons. The first kappa shape index (κ1) is 17.0. The van der Waals surface area contributed by atoms with Gasteiger partial charge in [0.25, 0.3) is 0 Å². The Morgan fingerprint density at radius 3 is 2.38 bits per heavy atom. The summed E-state index contributed by atoms with van der Waals surface area (Å²) in [6, 6.07) is 12.8. The summed E-state index contributed by atoms with van der Waals surface area (Å²) in [4.78, 5) is 12.4. The topological polar surface area (TPSA) is 66.5 Å². The molecule has 1 amide bonds. The summed E-state index contributed by atoms with van der Waals surface area (Å²) >= 11 is 5.84. The van der Waals surface area contributed by atoms with Crippen LogP contribution in [-0.2, 0) is 27.8 Å². The highest BCUT2D eigenvalue weighted by Gasteiger charge is 2.39. The minimum atomic E-state index is -3.81. The van der Waals surface area contributed by atoms with Gasteiger partial charge in [0.15, 0.2) is 0 Å². The Kier molecular flexibility index (Phi) is 4.62. The molecule has 24 heavy (non-hydrogen) atoms. The summed E-state index contributed by atoms with van der Waals surface area (Å²) < 4.78 is 27.3. The van der Waals surface area contributed by atoms with E-state index in [1.54, 1.807) is 0 Å². The fourth-order valence-corrected chi connectivity index (χ4v) is 4.57. The van der Waals surface area contributed by atoms with Crippen molar-refractivity contribution in [3.05, 3.63) is 64.7 Å². The number of fused-ring (bicyclic) bond motifs is 1. The lowest BCUT2D eigenvalue weighted by atomic mass is 9.95. The number of carbonyl (C=O) groups excluding carboxylic acids is 1. The van der Waals surface area contributed by atoms with Gasteiger partial charge in [-0.15, -0.1) is 0 Å². The van der Waals surface area contributed by atoms with Crippen molar-refractivity contribution in [3.8, 4) is 0 Å². The van der Waals surface area contributed by atoms with E-state index in [0.717, 1.165) is 11.1 Å². The zero-order valence-electron chi connectivity index (χ0n) is 13.1. The second-order valence-corrected chi connectivity index (χ2v) is 7.93. The van der Waals surface area contributed by atoms with E-state index < -0.39 is 16.1 Å². The van der Waals surface area contributed by atoms with Crippen molar-refractivity contribution in [1.82, 2.24) is 9.62 Å². The monoisotopic (exact) mass is 364 g/mol. The zero-order chi connectivity index (χ0) is 17.3. The maximum Gasteiger partial charge on any atom is 0.244 e. The molecule has 1 unspecified atom stereocenters. The van der Waals surface area contributed by atoms with Crippen LogP contribution in [0.15, 0.2) is 53.4 Å². The lowest BCUT2D eigenvalue weighted by Crippen LogP contribution is -2.51. The van der Waals surface area contributed by atoms with Gasteiger partial charge in [0.2, 0.25) is 15.9 Å². The fourth-order valence-electron chi connectivity index (χ4n) is 2.88. The maximum absolute atomic E-state index is 13.0. The van der Waals surface area contributed by atoms with E-state index in [4.69, 9.17) is 11.6 Å². The second kappa shape index (κ2) is 6.55. The third kappa shape index (κ3) is 3.05. The Morgan fingerprint density at radius 2 is 1.75 bits per heavy atom. The molecule has 0 saturated carbocycles. The lowest BCUT2D eigenvalue weighted by Gasteiger charge is -2.34. The predicted octanol–water partition coefficient (Wildman–Crippen LogP) is 2.20. The van der Waals surface area contributed by atoms with Gasteiger partial charge in [-0.1, -0.05) is 35.9 Å². The molecule has 7 heteroatoms. The normalized spacial score (nSPS) is 18.0. The Labute approximate surface area is 146 Å². The number of hydrogen-bond donors (Lipinski definition) is 1. The number of nitrogens with zero attached hydrogens (tertiary/aromatic N) is 1. The molecule has 0 bridgehead atoms. The van der Waals surface area contributed by atoms with Crippen molar-refractivity contribution in [3.63, 3.8) is 0 Å². The van der Waals surface area contributed by atoms with E-state index in [9.17, 15) is 13.2 Å². The van der Waals surface area contributed by atoms with Gasteiger partial charge in [0.05, 0.1) is 4.90 Å². The average Bonchev–Trinajstić information content (AvgIpc) is 2.60. The Hall–Kier alpha value is -1.89. The van der Waals surface area contributed by atoms with Crippen LogP contribution < -0.4 is 5.32 Å². The average molecular weight is 365 g/mol. The van der Waals surface area contributed by atoms with Crippen molar-refractivity contribution >= 4 is 27.5 Å². The minimum absolute atomic E-state index is 0.125. The molecule has 0 saturated heterocycles. The quantitative estimate of drug-likeness (QED) is 0.908. The highest BCUT2D eigenvalue weighted by atomic mass is 35.5. The SMILES string of the molecule is CNC(=O)C1Cc2ccccc2CN1S(=O)(=O)c1ccc(Cl)cc1. The minimum Gasteiger partial charge on any atom is -0.358 e. The summed E-state index contributed by atoms with van der Waals surface area (Å²) in [5, 5.41) is 3.02. The standard InChI is InChI=1S/C17H17ClN2O3S/c1-19-17(21)16-10-12-4-2-3-5-13(12)11-20(16)24(22,23)15-8-6-14(18)7-9-15/h2-9,16H,10-11H2,1H3,(H,19,21). The Bertz CT molecular complexity index is 866. The largest absolute Gasteiger partial charge is 0.358 e. The molecule has 0 spiro atoms. The van der Waals surface area contributed by atoms with Crippen LogP contribution in [0.25, 0.3) is 0 Å². The maximum atomic E-state index is 13.0. The molecule has 126 valence electrons. The van der Waals surface area contributed by atoms with Crippen LogP contribution in [-0.4, -0.2) is 31.7 Å². The van der Waals surface area contributed by atoms with E-state index in [0.29, 0.717) is 11.4 Å². The highest BCUT2D eigenvalue weighted by Crippen LogP contribution is 2.29. The van der Waals surface area contributed by atoms with E-state index in [-0.39, 0.29) is 17.3 Å². The predicted molar refractivity (Wildman–Crippen MR) is 92.2 cm³/mol. The number of amides is 1. The Morgan fingerprint density at radius 1 is 1.12 bits per heavy atom. The van der Waals surface area contributed by atoms with Crippen LogP contribution in [0.5, 0.6) is 0 Å². The van der Waals surface area contributed by atoms with Crippen molar-refractivity contribution in [2.24, 2.45) is 0 Å². The number of nitrogens with one attached hydrogen (secondary N) is 1. The van der Waals surface area contributed by atoms with Crippen LogP contribution >= 0.6 is 11.6 Å². The van der Waals surface area contributed by atoms with Crippen LogP contribution in [0.3, 0.4) is 0 Å². The van der Waals surface area contributed by atoms with Crippen molar-refractivity contribution in [1.29, 1.82) is 0 Å². The van der Waals surface area contributed by atoms with E-state index in [2.05, 4.69) is 5.32 Å². The number of carbonyl (C=O) groups is 1. The number of sulfonamides is 1. The first-order valence-electron chi connectivity index (χ1n) is 7.49. The second-order valence-electron chi connectivity index (χ2n) is 5.61. The number of benzene rings is 2. The van der Waals surface area contributed by atoms with Crippen molar-refractivity contribution < 1.29 is 13.2 Å². The number of halogens is 1. The molecule has 1 aliphatic rings. The molecule has 1 heterocycles. The smallest absolute Gasteiger partial charge is 0.244 e. The Balaban J connectivity index is 2.05. The van der Waals surface area contributed by atoms with Gasteiger partial charge in [-0.2, -0.15) is 4.31 Å². The van der Waals surface area contributed by atoms with Gasteiger partial charge in [-0.05, 0) is 41.8 Å². The number of likely N-dealkylation sites (N-methyl/N-ethyl adjacent to an activating group) is 1. The van der Waals surface area contributed by atoms with Crippen molar-refractivity contribution in [2.45, 2.75) is 23.9 Å². The molecule has 3 rings (SSSR count). The third-order valence-electron chi connectivity index (χ3n) is 4.17. The molecule has 1 atom stereocenters. The molecule has 0 fully saturated rings. The summed E-state index contributed by atoms with van der Waals surface area (Å²) in [6.45, 7) is 0.166. The molecule has 2 aromatic rings. The van der Waals surface area contributed by atoms with Crippen LogP contribution in [0.2, 0.25) is 5.02 Å². The molecule has 2 aromatic carbocycles. The van der Waals surface area contributed by atoms with Gasteiger partial charge < -0.3 is 5.32 Å². The molecule has 1 aliphatic heterocycles. The highest BCUT2D eigenvalue weighted by molar-refractivity contribution is 7.89. The molecule has 5 nitrogen and oxygen atoms in total. The lowest BCUT2D eigenvalue weighted by molar-refractivity contribution is -0.124. The molecule has 0 aliphatic carbocycles. The first-order valence-corrected chi connectivity index (χ1v) is 9.31. The molecule has 0 aromatic heterocycles. The summed E-state index contributed by atoms with van der Waals surface area (Å²) in [6.07, 6.45) is 0.350.